The molecule has 20 heavy (non-hydrogen) atoms. The van der Waals surface area contributed by atoms with Crippen molar-refractivity contribution in [3.63, 3.8) is 0 Å². The van der Waals surface area contributed by atoms with Crippen LogP contribution in [0.3, 0.4) is 0 Å². The van der Waals surface area contributed by atoms with Crippen LogP contribution in [0.2, 0.25) is 0 Å². The van der Waals surface area contributed by atoms with Gasteiger partial charge in [0.05, 0.1) is 5.69 Å². The number of piperidine rings is 1. The van der Waals surface area contributed by atoms with E-state index in [4.69, 9.17) is 5.73 Å². The van der Waals surface area contributed by atoms with E-state index in [0.29, 0.717) is 11.7 Å². The Morgan fingerprint density at radius 3 is 2.85 bits per heavy atom. The fourth-order valence-corrected chi connectivity index (χ4v) is 3.15. The van der Waals surface area contributed by atoms with Gasteiger partial charge in [0.2, 0.25) is 0 Å². The molecule has 2 heterocycles. The minimum absolute atomic E-state index is 0.147. The molecule has 0 spiro atoms. The zero-order valence-electron chi connectivity index (χ0n) is 12.9. The van der Waals surface area contributed by atoms with E-state index in [1.807, 2.05) is 16.8 Å². The highest BCUT2D eigenvalue weighted by Gasteiger charge is 2.28. The van der Waals surface area contributed by atoms with Crippen LogP contribution in [-0.2, 0) is 0 Å². The van der Waals surface area contributed by atoms with Crippen LogP contribution in [0.25, 0.3) is 0 Å². The predicted octanol–water partition coefficient (Wildman–Crippen LogP) is 3.45. The van der Waals surface area contributed by atoms with Gasteiger partial charge in [0, 0.05) is 24.8 Å². The predicted molar refractivity (Wildman–Crippen MR) is 82.8 cm³/mol. The molecule has 4 heteroatoms. The molecule has 0 aromatic carbocycles. The molecule has 1 aromatic heterocycles. The molecule has 0 radical (unpaired) electrons. The van der Waals surface area contributed by atoms with Gasteiger partial charge in [-0.2, -0.15) is 0 Å². The number of nitrogens with two attached hydrogens (primary N) is 1. The van der Waals surface area contributed by atoms with E-state index >= 15 is 0 Å². The summed E-state index contributed by atoms with van der Waals surface area (Å²) in [6, 6.07) is 2.47. The van der Waals surface area contributed by atoms with E-state index < -0.39 is 0 Å². The molecule has 2 N–H and O–H groups in total. The molecular weight excluding hydrogens is 250 g/mol. The maximum Gasteiger partial charge on any atom is 0.270 e. The van der Waals surface area contributed by atoms with Gasteiger partial charge in [0.1, 0.15) is 5.69 Å². The Bertz CT molecular complexity index is 462. The first-order valence-corrected chi connectivity index (χ1v) is 7.83. The van der Waals surface area contributed by atoms with Crippen LogP contribution in [0, 0.1) is 0 Å². The zero-order valence-corrected chi connectivity index (χ0v) is 12.9. The lowest BCUT2D eigenvalue weighted by atomic mass is 9.98. The van der Waals surface area contributed by atoms with E-state index in [1.54, 1.807) is 0 Å². The number of aromatic nitrogens is 1. The third-order valence-corrected chi connectivity index (χ3v) is 4.16. The van der Waals surface area contributed by atoms with Crippen molar-refractivity contribution in [3.8, 4) is 0 Å². The van der Waals surface area contributed by atoms with E-state index in [1.165, 1.54) is 6.42 Å². The van der Waals surface area contributed by atoms with Gasteiger partial charge in [-0.05, 0) is 45.6 Å². The van der Waals surface area contributed by atoms with Crippen molar-refractivity contribution in [3.05, 3.63) is 18.0 Å². The summed E-state index contributed by atoms with van der Waals surface area (Å²) in [6.07, 6.45) is 7.59. The van der Waals surface area contributed by atoms with E-state index in [9.17, 15) is 4.79 Å². The summed E-state index contributed by atoms with van der Waals surface area (Å²) in [6.45, 7) is 7.23. The highest BCUT2D eigenvalue weighted by Crippen LogP contribution is 2.25. The molecule has 2 rings (SSSR count). The van der Waals surface area contributed by atoms with Gasteiger partial charge in [-0.1, -0.05) is 13.3 Å². The molecule has 1 aliphatic heterocycles. The third kappa shape index (κ3) is 3.00. The number of amides is 1. The summed E-state index contributed by atoms with van der Waals surface area (Å²) in [5, 5.41) is 0. The average molecular weight is 277 g/mol. The van der Waals surface area contributed by atoms with Crippen molar-refractivity contribution in [2.45, 2.75) is 65.0 Å². The number of hydrogen-bond donors (Lipinski definition) is 1. The fourth-order valence-electron chi connectivity index (χ4n) is 3.15. The zero-order chi connectivity index (χ0) is 14.7. The topological polar surface area (TPSA) is 51.3 Å². The molecule has 112 valence electrons. The first-order valence-electron chi connectivity index (χ1n) is 7.83. The second-order valence-corrected chi connectivity index (χ2v) is 6.10. The fraction of sp³-hybridized carbons (Fsp3) is 0.688. The van der Waals surface area contributed by atoms with Gasteiger partial charge in [-0.3, -0.25) is 4.79 Å². The molecule has 0 aliphatic carbocycles. The van der Waals surface area contributed by atoms with Gasteiger partial charge >= 0.3 is 0 Å². The molecule has 1 aliphatic rings. The van der Waals surface area contributed by atoms with E-state index in [-0.39, 0.29) is 11.9 Å². The van der Waals surface area contributed by atoms with Crippen LogP contribution in [0.1, 0.15) is 69.4 Å². The number of anilines is 1. The quantitative estimate of drug-likeness (QED) is 0.916. The second kappa shape index (κ2) is 6.33. The molecule has 1 unspecified atom stereocenters. The molecule has 1 aromatic rings. The summed E-state index contributed by atoms with van der Waals surface area (Å²) >= 11 is 0. The molecule has 0 bridgehead atoms. The standard InChI is InChI=1S/C16H27N3O/c1-4-7-14-8-5-6-9-18(14)16(20)15-10-13(17)11-19(15)12(2)3/h10-12,14H,4-9,17H2,1-3H3. The van der Waals surface area contributed by atoms with E-state index in [0.717, 1.165) is 37.9 Å². The Hall–Kier alpha value is -1.45. The summed E-state index contributed by atoms with van der Waals surface area (Å²) in [7, 11) is 0. The van der Waals surface area contributed by atoms with Gasteiger partial charge < -0.3 is 15.2 Å². The van der Waals surface area contributed by atoms with Crippen molar-refractivity contribution in [1.82, 2.24) is 9.47 Å². The molecule has 1 saturated heterocycles. The lowest BCUT2D eigenvalue weighted by Crippen LogP contribution is -2.44. The minimum atomic E-state index is 0.147. The summed E-state index contributed by atoms with van der Waals surface area (Å²) in [4.78, 5) is 14.9. The number of hydrogen-bond acceptors (Lipinski definition) is 2. The number of carbonyl (C=O) groups excluding carboxylic acids is 1. The normalized spacial score (nSPS) is 19.6. The van der Waals surface area contributed by atoms with Crippen LogP contribution in [-0.4, -0.2) is 28.0 Å². The lowest BCUT2D eigenvalue weighted by molar-refractivity contribution is 0.0588. The van der Waals surface area contributed by atoms with Crippen LogP contribution in [0.4, 0.5) is 5.69 Å². The summed E-state index contributed by atoms with van der Waals surface area (Å²) in [5.74, 6) is 0.147. The smallest absolute Gasteiger partial charge is 0.270 e. The molecule has 0 saturated carbocycles. The van der Waals surface area contributed by atoms with Crippen LogP contribution < -0.4 is 5.73 Å². The number of likely N-dealkylation sites (tertiary alicyclic amines) is 1. The van der Waals surface area contributed by atoms with Crippen molar-refractivity contribution < 1.29 is 4.79 Å². The van der Waals surface area contributed by atoms with Crippen LogP contribution in [0.5, 0.6) is 0 Å². The van der Waals surface area contributed by atoms with E-state index in [2.05, 4.69) is 25.7 Å². The maximum atomic E-state index is 12.9. The maximum absolute atomic E-state index is 12.9. The number of nitrogens with zero attached hydrogens (tertiary/aromatic N) is 2. The Kier molecular flexibility index (Phi) is 4.73. The Morgan fingerprint density at radius 2 is 2.20 bits per heavy atom. The molecule has 4 nitrogen and oxygen atoms in total. The van der Waals surface area contributed by atoms with Crippen molar-refractivity contribution >= 4 is 11.6 Å². The lowest BCUT2D eigenvalue weighted by Gasteiger charge is -2.36. The van der Waals surface area contributed by atoms with Crippen LogP contribution >= 0.6 is 0 Å². The third-order valence-electron chi connectivity index (χ3n) is 4.16. The van der Waals surface area contributed by atoms with Crippen molar-refractivity contribution in [1.29, 1.82) is 0 Å². The highest BCUT2D eigenvalue weighted by molar-refractivity contribution is 5.94. The van der Waals surface area contributed by atoms with Crippen molar-refractivity contribution in [2.24, 2.45) is 0 Å². The Labute approximate surface area is 121 Å². The summed E-state index contributed by atoms with van der Waals surface area (Å²) in [5.41, 5.74) is 7.30. The molecular formula is C16H27N3O. The molecule has 1 amide bonds. The SMILES string of the molecule is CCCC1CCCCN1C(=O)c1cc(N)cn1C(C)C. The Balaban J connectivity index is 2.25. The van der Waals surface area contributed by atoms with Crippen molar-refractivity contribution in [2.75, 3.05) is 12.3 Å². The first kappa shape index (κ1) is 14.9. The van der Waals surface area contributed by atoms with Crippen LogP contribution in [0.15, 0.2) is 12.3 Å². The number of nitrogen functional groups attached to an aromatic ring is 1. The first-order chi connectivity index (χ1) is 9.54. The monoisotopic (exact) mass is 277 g/mol. The highest BCUT2D eigenvalue weighted by atomic mass is 16.2. The number of rotatable bonds is 4. The largest absolute Gasteiger partial charge is 0.397 e. The molecule has 1 atom stereocenters. The minimum Gasteiger partial charge on any atom is -0.397 e. The van der Waals surface area contributed by atoms with Gasteiger partial charge in [0.15, 0.2) is 0 Å². The Morgan fingerprint density at radius 1 is 1.45 bits per heavy atom. The molecule has 1 fully saturated rings. The average Bonchev–Trinajstić information content (AvgIpc) is 2.81. The van der Waals surface area contributed by atoms with Gasteiger partial charge in [-0.15, -0.1) is 0 Å². The summed E-state index contributed by atoms with van der Waals surface area (Å²) < 4.78 is 2.00. The van der Waals surface area contributed by atoms with Gasteiger partial charge in [0.25, 0.3) is 5.91 Å². The second-order valence-electron chi connectivity index (χ2n) is 6.10. The van der Waals surface area contributed by atoms with Gasteiger partial charge in [-0.25, -0.2) is 0 Å². The number of carbonyl (C=O) groups is 1.